The molecular formula is C21H27NO. The van der Waals surface area contributed by atoms with Crippen LogP contribution in [0.1, 0.15) is 52.4 Å². The average Bonchev–Trinajstić information content (AvgIpc) is 3.06. The van der Waals surface area contributed by atoms with Crippen molar-refractivity contribution in [1.29, 1.82) is 0 Å². The van der Waals surface area contributed by atoms with Gasteiger partial charge in [0.15, 0.2) is 5.78 Å². The number of hydrogen-bond acceptors (Lipinski definition) is 2. The lowest BCUT2D eigenvalue weighted by atomic mass is 9.48. The zero-order chi connectivity index (χ0) is 15.8. The van der Waals surface area contributed by atoms with Crippen LogP contribution in [-0.2, 0) is 4.79 Å². The lowest BCUT2D eigenvalue weighted by Gasteiger charge is -2.55. The van der Waals surface area contributed by atoms with E-state index in [-0.39, 0.29) is 5.41 Å². The van der Waals surface area contributed by atoms with Crippen LogP contribution >= 0.6 is 0 Å². The van der Waals surface area contributed by atoms with E-state index in [1.54, 1.807) is 0 Å². The van der Waals surface area contributed by atoms with Crippen molar-refractivity contribution in [2.45, 2.75) is 58.4 Å². The van der Waals surface area contributed by atoms with Crippen LogP contribution in [0.4, 0.5) is 0 Å². The Labute approximate surface area is 139 Å². The molecule has 0 aromatic carbocycles. The van der Waals surface area contributed by atoms with E-state index < -0.39 is 0 Å². The van der Waals surface area contributed by atoms with Gasteiger partial charge < -0.3 is 0 Å². The topological polar surface area (TPSA) is 29.4 Å². The zero-order valence-electron chi connectivity index (χ0n) is 14.3. The Kier molecular flexibility index (Phi) is 2.75. The van der Waals surface area contributed by atoms with Gasteiger partial charge >= 0.3 is 0 Å². The van der Waals surface area contributed by atoms with Crippen LogP contribution in [0.2, 0.25) is 0 Å². The van der Waals surface area contributed by atoms with E-state index in [1.807, 2.05) is 6.08 Å². The van der Waals surface area contributed by atoms with Crippen LogP contribution in [0.15, 0.2) is 28.8 Å². The molecule has 0 saturated heterocycles. The molecule has 0 amide bonds. The maximum atomic E-state index is 11.9. The van der Waals surface area contributed by atoms with Gasteiger partial charge in [-0.3, -0.25) is 9.79 Å². The molecular weight excluding hydrogens is 282 g/mol. The van der Waals surface area contributed by atoms with Crippen molar-refractivity contribution < 1.29 is 4.79 Å². The van der Waals surface area contributed by atoms with E-state index >= 15 is 0 Å². The van der Waals surface area contributed by atoms with Crippen molar-refractivity contribution in [1.82, 2.24) is 0 Å². The molecule has 0 N–H and O–H groups in total. The van der Waals surface area contributed by atoms with Crippen LogP contribution in [0.5, 0.6) is 0 Å². The maximum absolute atomic E-state index is 11.9. The lowest BCUT2D eigenvalue weighted by molar-refractivity contribution is -0.116. The van der Waals surface area contributed by atoms with Crippen molar-refractivity contribution in [3.05, 3.63) is 23.8 Å². The lowest BCUT2D eigenvalue weighted by Crippen LogP contribution is -2.50. The quantitative estimate of drug-likeness (QED) is 0.653. The first kappa shape index (κ1) is 14.2. The number of ketones is 1. The number of aliphatic imine (C=N–C) groups is 1. The fraction of sp³-hybridized carbons (Fsp3) is 0.714. The second-order valence-electron chi connectivity index (χ2n) is 8.99. The molecule has 7 atom stereocenters. The number of fused-ring (bicyclic) bond motifs is 4. The molecule has 5 rings (SSSR count). The molecule has 1 aliphatic heterocycles. The number of carbonyl (C=O) groups is 1. The summed E-state index contributed by atoms with van der Waals surface area (Å²) >= 11 is 0. The summed E-state index contributed by atoms with van der Waals surface area (Å²) in [5.41, 5.74) is 1.94. The minimum Gasteiger partial charge on any atom is -0.295 e. The van der Waals surface area contributed by atoms with Gasteiger partial charge in [0.25, 0.3) is 0 Å². The maximum Gasteiger partial charge on any atom is 0.156 e. The first-order valence-corrected chi connectivity index (χ1v) is 9.52. The third kappa shape index (κ3) is 1.65. The van der Waals surface area contributed by atoms with Gasteiger partial charge in [-0.05, 0) is 79.8 Å². The standard InChI is InChI=1S/C21H27NO/c1-13-17-5-6-19-16-4-3-14-11-15(23)7-9-20(14,2)18(16)8-10-21(17,19)12-22-13/h3-4,11-13,16-19H,5-10H2,1-2H3/t13-,16-,17-,18+,19-,20-,21+/m0/s1. The second-order valence-corrected chi connectivity index (χ2v) is 8.99. The summed E-state index contributed by atoms with van der Waals surface area (Å²) in [4.78, 5) is 16.7. The molecule has 1 heterocycles. The van der Waals surface area contributed by atoms with E-state index in [2.05, 4.69) is 32.2 Å². The highest BCUT2D eigenvalue weighted by molar-refractivity contribution is 5.92. The van der Waals surface area contributed by atoms with E-state index in [9.17, 15) is 4.79 Å². The van der Waals surface area contributed by atoms with Crippen molar-refractivity contribution >= 4 is 12.0 Å². The molecule has 0 radical (unpaired) electrons. The first-order chi connectivity index (χ1) is 11.0. The number of rotatable bonds is 0. The third-order valence-electron chi connectivity index (χ3n) is 8.30. The fourth-order valence-electron chi connectivity index (χ4n) is 7.08. The Morgan fingerprint density at radius 2 is 1.96 bits per heavy atom. The van der Waals surface area contributed by atoms with Crippen LogP contribution in [0, 0.1) is 34.5 Å². The van der Waals surface area contributed by atoms with E-state index in [1.165, 1.54) is 31.3 Å². The Morgan fingerprint density at radius 1 is 1.13 bits per heavy atom. The van der Waals surface area contributed by atoms with Crippen molar-refractivity contribution in [3.63, 3.8) is 0 Å². The highest BCUT2D eigenvalue weighted by Gasteiger charge is 2.61. The SMILES string of the molecule is C[C@@H]1N=C[C@@]23CC[C@@H]4[C@H](C=CC5=CC(=O)CC[C@@]54C)[C@@H]2CC[C@@H]13. The number of hydrogen-bond donors (Lipinski definition) is 0. The number of nitrogens with zero attached hydrogens (tertiary/aromatic N) is 1. The Hall–Kier alpha value is -1.18. The van der Waals surface area contributed by atoms with Gasteiger partial charge in [-0.25, -0.2) is 0 Å². The molecule has 4 aliphatic carbocycles. The van der Waals surface area contributed by atoms with Gasteiger partial charge in [-0.2, -0.15) is 0 Å². The average molecular weight is 309 g/mol. The number of carbonyl (C=O) groups excluding carboxylic acids is 1. The van der Waals surface area contributed by atoms with E-state index in [4.69, 9.17) is 4.99 Å². The van der Waals surface area contributed by atoms with Gasteiger partial charge in [0.1, 0.15) is 0 Å². The monoisotopic (exact) mass is 309 g/mol. The van der Waals surface area contributed by atoms with E-state index in [0.717, 1.165) is 30.6 Å². The minimum absolute atomic E-state index is 0.231. The van der Waals surface area contributed by atoms with Crippen LogP contribution < -0.4 is 0 Å². The van der Waals surface area contributed by atoms with Crippen molar-refractivity contribution in [2.24, 2.45) is 39.5 Å². The highest BCUT2D eigenvalue weighted by atomic mass is 16.1. The summed E-state index contributed by atoms with van der Waals surface area (Å²) in [5.74, 6) is 3.32. The number of allylic oxidation sites excluding steroid dienone is 4. The molecule has 0 aromatic heterocycles. The van der Waals surface area contributed by atoms with E-state index in [0.29, 0.717) is 23.2 Å². The zero-order valence-corrected chi connectivity index (χ0v) is 14.3. The summed E-state index contributed by atoms with van der Waals surface area (Å²) in [6, 6.07) is 0.530. The molecule has 2 saturated carbocycles. The molecule has 23 heavy (non-hydrogen) atoms. The largest absolute Gasteiger partial charge is 0.295 e. The predicted octanol–water partition coefficient (Wildman–Crippen LogP) is 4.36. The van der Waals surface area contributed by atoms with Gasteiger partial charge in [-0.15, -0.1) is 0 Å². The molecule has 0 bridgehead atoms. The summed E-state index contributed by atoms with van der Waals surface area (Å²) in [6.45, 7) is 4.75. The predicted molar refractivity (Wildman–Crippen MR) is 92.4 cm³/mol. The summed E-state index contributed by atoms with van der Waals surface area (Å²) in [6.07, 6.45) is 16.3. The smallest absolute Gasteiger partial charge is 0.156 e. The van der Waals surface area contributed by atoms with Gasteiger partial charge in [0, 0.05) is 18.1 Å². The van der Waals surface area contributed by atoms with Gasteiger partial charge in [-0.1, -0.05) is 19.1 Å². The van der Waals surface area contributed by atoms with Crippen LogP contribution in [-0.4, -0.2) is 18.0 Å². The molecule has 0 aromatic rings. The Morgan fingerprint density at radius 3 is 2.83 bits per heavy atom. The Balaban J connectivity index is 1.56. The summed E-state index contributed by atoms with van der Waals surface area (Å²) in [7, 11) is 0. The Bertz CT molecular complexity index is 659. The van der Waals surface area contributed by atoms with Crippen molar-refractivity contribution in [3.8, 4) is 0 Å². The summed E-state index contributed by atoms with van der Waals surface area (Å²) in [5, 5.41) is 0. The molecule has 1 spiro atoms. The highest BCUT2D eigenvalue weighted by Crippen LogP contribution is 2.66. The van der Waals surface area contributed by atoms with Gasteiger partial charge in [0.2, 0.25) is 0 Å². The normalized spacial score (nSPS) is 53.4. The fourth-order valence-corrected chi connectivity index (χ4v) is 7.08. The second kappa shape index (κ2) is 4.46. The molecule has 2 heteroatoms. The van der Waals surface area contributed by atoms with Gasteiger partial charge in [0.05, 0.1) is 6.04 Å². The molecule has 2 fully saturated rings. The molecule has 2 nitrogen and oxygen atoms in total. The van der Waals surface area contributed by atoms with Crippen LogP contribution in [0.25, 0.3) is 0 Å². The third-order valence-corrected chi connectivity index (χ3v) is 8.30. The molecule has 0 unspecified atom stereocenters. The minimum atomic E-state index is 0.231. The first-order valence-electron chi connectivity index (χ1n) is 9.52. The molecule has 5 aliphatic rings. The van der Waals surface area contributed by atoms with Crippen molar-refractivity contribution in [2.75, 3.05) is 0 Å². The summed E-state index contributed by atoms with van der Waals surface area (Å²) < 4.78 is 0. The van der Waals surface area contributed by atoms with Crippen LogP contribution in [0.3, 0.4) is 0 Å². The molecule has 122 valence electrons.